The van der Waals surface area contributed by atoms with Crippen molar-refractivity contribution in [3.05, 3.63) is 106 Å². The van der Waals surface area contributed by atoms with Crippen molar-refractivity contribution in [3.8, 4) is 0 Å². The number of rotatable bonds is 10. The van der Waals surface area contributed by atoms with Gasteiger partial charge in [-0.2, -0.15) is 0 Å². The molecule has 1 aromatic heterocycles. The Bertz CT molecular complexity index is 1600. The molecule has 1 aliphatic carbocycles. The van der Waals surface area contributed by atoms with Crippen LogP contribution in [0.2, 0.25) is 5.02 Å². The van der Waals surface area contributed by atoms with Crippen molar-refractivity contribution in [2.45, 2.75) is 64.4 Å². The lowest BCUT2D eigenvalue weighted by atomic mass is 9.95. The quantitative estimate of drug-likeness (QED) is 0.194. The van der Waals surface area contributed by atoms with Crippen LogP contribution in [0.3, 0.4) is 0 Å². The number of aryl methyl sites for hydroxylation is 1. The van der Waals surface area contributed by atoms with Gasteiger partial charge in [-0.3, -0.25) is 4.79 Å². The van der Waals surface area contributed by atoms with Crippen molar-refractivity contribution in [1.82, 2.24) is 20.2 Å². The van der Waals surface area contributed by atoms with E-state index in [2.05, 4.69) is 17.4 Å². The smallest absolute Gasteiger partial charge is 0.407 e. The highest BCUT2D eigenvalue weighted by atomic mass is 35.5. The standard InChI is InChI=1S/C35H39ClN4O3/c1-24-11-13-26(14-12-24)32(41)40(20-8-19-37-33(42)43-34(2,3)4)23-35(17-18-35)31-30(21-25-9-6-5-7-10-25)38-28-16-15-27(36)22-29(28)39-31/h5-7,9-16,22H,8,17-21,23H2,1-4H3,(H,37,42). The van der Waals surface area contributed by atoms with Crippen molar-refractivity contribution < 1.29 is 14.3 Å². The lowest BCUT2D eigenvalue weighted by Gasteiger charge is -2.29. The van der Waals surface area contributed by atoms with Crippen LogP contribution in [-0.4, -0.2) is 52.1 Å². The summed E-state index contributed by atoms with van der Waals surface area (Å²) < 4.78 is 5.37. The number of ether oxygens (including phenoxy) is 1. The Morgan fingerprint density at radius 1 is 0.977 bits per heavy atom. The van der Waals surface area contributed by atoms with Crippen LogP contribution in [-0.2, 0) is 16.6 Å². The predicted molar refractivity (Wildman–Crippen MR) is 171 cm³/mol. The Hall–Kier alpha value is -3.97. The Kier molecular flexibility index (Phi) is 9.02. The minimum atomic E-state index is -0.571. The summed E-state index contributed by atoms with van der Waals surface area (Å²) in [5.41, 5.74) is 5.42. The molecular weight excluding hydrogens is 560 g/mol. The highest BCUT2D eigenvalue weighted by molar-refractivity contribution is 6.31. The van der Waals surface area contributed by atoms with Gasteiger partial charge in [0, 0.05) is 42.1 Å². The number of hydrogen-bond acceptors (Lipinski definition) is 5. The first-order chi connectivity index (χ1) is 20.5. The average molecular weight is 599 g/mol. The van der Waals surface area contributed by atoms with Crippen LogP contribution >= 0.6 is 11.6 Å². The lowest BCUT2D eigenvalue weighted by Crippen LogP contribution is -2.40. The fourth-order valence-corrected chi connectivity index (χ4v) is 5.46. The molecule has 8 heteroatoms. The summed E-state index contributed by atoms with van der Waals surface area (Å²) in [6.45, 7) is 8.89. The first-order valence-electron chi connectivity index (χ1n) is 14.8. The molecule has 1 aliphatic rings. The van der Waals surface area contributed by atoms with Crippen LogP contribution in [0.25, 0.3) is 11.0 Å². The van der Waals surface area contributed by atoms with Gasteiger partial charge in [-0.05, 0) is 82.9 Å². The molecule has 0 saturated heterocycles. The zero-order valence-corrected chi connectivity index (χ0v) is 26.1. The topological polar surface area (TPSA) is 84.4 Å². The average Bonchev–Trinajstić information content (AvgIpc) is 3.74. The molecule has 1 heterocycles. The van der Waals surface area contributed by atoms with E-state index in [0.29, 0.717) is 43.1 Å². The number of aromatic nitrogens is 2. The van der Waals surface area contributed by atoms with Gasteiger partial charge < -0.3 is 15.0 Å². The number of amides is 2. The fourth-order valence-electron chi connectivity index (χ4n) is 5.29. The molecule has 43 heavy (non-hydrogen) atoms. The number of benzene rings is 3. The third-order valence-corrected chi connectivity index (χ3v) is 7.86. The molecule has 0 bridgehead atoms. The SMILES string of the molecule is Cc1ccc(C(=O)N(CCCNC(=O)OC(C)(C)C)CC2(c3nc4cc(Cl)ccc4nc3Cc3ccccc3)CC2)cc1. The summed E-state index contributed by atoms with van der Waals surface area (Å²) in [7, 11) is 0. The molecule has 1 fully saturated rings. The number of nitrogens with zero attached hydrogens (tertiary/aromatic N) is 3. The molecule has 224 valence electrons. The molecular formula is C35H39ClN4O3. The second-order valence-electron chi connectivity index (χ2n) is 12.5. The molecule has 5 rings (SSSR count). The lowest BCUT2D eigenvalue weighted by molar-refractivity contribution is 0.0525. The Labute approximate surface area is 258 Å². The van der Waals surface area contributed by atoms with Gasteiger partial charge in [-0.15, -0.1) is 0 Å². The zero-order valence-electron chi connectivity index (χ0n) is 25.3. The molecule has 4 aromatic rings. The Morgan fingerprint density at radius 2 is 1.70 bits per heavy atom. The van der Waals surface area contributed by atoms with E-state index in [-0.39, 0.29) is 11.3 Å². The van der Waals surface area contributed by atoms with Crippen LogP contribution in [0, 0.1) is 6.92 Å². The van der Waals surface area contributed by atoms with Crippen LogP contribution < -0.4 is 5.32 Å². The van der Waals surface area contributed by atoms with E-state index in [4.69, 9.17) is 26.3 Å². The normalized spacial score (nSPS) is 13.9. The number of carbonyl (C=O) groups excluding carboxylic acids is 2. The van der Waals surface area contributed by atoms with Gasteiger partial charge in [0.15, 0.2) is 0 Å². The number of hydrogen-bond donors (Lipinski definition) is 1. The van der Waals surface area contributed by atoms with Gasteiger partial charge in [0.2, 0.25) is 0 Å². The maximum Gasteiger partial charge on any atom is 0.407 e. The molecule has 7 nitrogen and oxygen atoms in total. The molecule has 0 atom stereocenters. The van der Waals surface area contributed by atoms with E-state index in [1.165, 1.54) is 0 Å². The fraction of sp³-hybridized carbons (Fsp3) is 0.371. The summed E-state index contributed by atoms with van der Waals surface area (Å²) in [5, 5.41) is 3.43. The maximum absolute atomic E-state index is 13.9. The van der Waals surface area contributed by atoms with Gasteiger partial charge in [-0.25, -0.2) is 14.8 Å². The van der Waals surface area contributed by atoms with Gasteiger partial charge >= 0.3 is 6.09 Å². The number of alkyl carbamates (subject to hydrolysis) is 1. The van der Waals surface area contributed by atoms with E-state index >= 15 is 0 Å². The first kappa shape index (κ1) is 30.5. The second-order valence-corrected chi connectivity index (χ2v) is 12.9. The van der Waals surface area contributed by atoms with Crippen molar-refractivity contribution in [1.29, 1.82) is 0 Å². The summed E-state index contributed by atoms with van der Waals surface area (Å²) >= 11 is 6.34. The molecule has 0 radical (unpaired) electrons. The van der Waals surface area contributed by atoms with Crippen molar-refractivity contribution in [3.63, 3.8) is 0 Å². The van der Waals surface area contributed by atoms with Crippen molar-refractivity contribution in [2.75, 3.05) is 19.6 Å². The highest BCUT2D eigenvalue weighted by Crippen LogP contribution is 2.49. The molecule has 2 amide bonds. The third kappa shape index (κ3) is 7.90. The third-order valence-electron chi connectivity index (χ3n) is 7.62. The van der Waals surface area contributed by atoms with Gasteiger partial charge in [0.05, 0.1) is 22.4 Å². The van der Waals surface area contributed by atoms with Crippen LogP contribution in [0.5, 0.6) is 0 Å². The molecule has 0 unspecified atom stereocenters. The summed E-state index contributed by atoms with van der Waals surface area (Å²) in [6, 6.07) is 23.5. The largest absolute Gasteiger partial charge is 0.444 e. The molecule has 1 N–H and O–H groups in total. The Balaban J connectivity index is 1.43. The molecule has 0 aliphatic heterocycles. The molecule has 3 aromatic carbocycles. The highest BCUT2D eigenvalue weighted by Gasteiger charge is 2.49. The minimum absolute atomic E-state index is 0.0371. The van der Waals surface area contributed by atoms with Gasteiger partial charge in [-0.1, -0.05) is 59.6 Å². The summed E-state index contributed by atoms with van der Waals surface area (Å²) in [4.78, 5) is 38.2. The van der Waals surface area contributed by atoms with E-state index in [1.54, 1.807) is 0 Å². The van der Waals surface area contributed by atoms with Crippen molar-refractivity contribution in [2.24, 2.45) is 0 Å². The predicted octanol–water partition coefficient (Wildman–Crippen LogP) is 7.27. The number of fused-ring (bicyclic) bond motifs is 1. The monoisotopic (exact) mass is 598 g/mol. The first-order valence-corrected chi connectivity index (χ1v) is 15.2. The van der Waals surface area contributed by atoms with Crippen LogP contribution in [0.1, 0.15) is 72.9 Å². The van der Waals surface area contributed by atoms with E-state index in [0.717, 1.165) is 46.4 Å². The summed E-state index contributed by atoms with van der Waals surface area (Å²) in [6.07, 6.45) is 2.59. The number of halogens is 1. The minimum Gasteiger partial charge on any atom is -0.444 e. The molecule has 1 saturated carbocycles. The molecule has 0 spiro atoms. The second kappa shape index (κ2) is 12.7. The number of nitrogens with one attached hydrogen (secondary N) is 1. The van der Waals surface area contributed by atoms with Gasteiger partial charge in [0.1, 0.15) is 5.60 Å². The van der Waals surface area contributed by atoms with E-state index < -0.39 is 11.7 Å². The van der Waals surface area contributed by atoms with Gasteiger partial charge in [0.25, 0.3) is 5.91 Å². The van der Waals surface area contributed by atoms with E-state index in [9.17, 15) is 9.59 Å². The van der Waals surface area contributed by atoms with Crippen molar-refractivity contribution >= 4 is 34.6 Å². The summed E-state index contributed by atoms with van der Waals surface area (Å²) in [5.74, 6) is -0.0371. The number of carbonyl (C=O) groups is 2. The van der Waals surface area contributed by atoms with E-state index in [1.807, 2.05) is 93.3 Å². The van der Waals surface area contributed by atoms with Crippen LogP contribution in [0.15, 0.2) is 72.8 Å². The van der Waals surface area contributed by atoms with Crippen LogP contribution in [0.4, 0.5) is 4.79 Å². The Morgan fingerprint density at radius 3 is 2.37 bits per heavy atom. The maximum atomic E-state index is 13.9. The zero-order chi connectivity index (χ0) is 30.6.